The third-order valence-electron chi connectivity index (χ3n) is 4.83. The summed E-state index contributed by atoms with van der Waals surface area (Å²) in [4.78, 5) is 56.1. The fourth-order valence-electron chi connectivity index (χ4n) is 2.78. The number of carbonyl (C=O) groups is 5. The molecule has 0 bridgehead atoms. The van der Waals surface area contributed by atoms with Crippen LogP contribution in [-0.2, 0) is 57.1 Å². The van der Waals surface area contributed by atoms with Crippen molar-refractivity contribution < 1.29 is 67.0 Å². The molecule has 0 aliphatic rings. The van der Waals surface area contributed by atoms with Crippen LogP contribution in [0.3, 0.4) is 0 Å². The van der Waals surface area contributed by atoms with Crippen LogP contribution in [0.1, 0.15) is 23.2 Å². The Balaban J connectivity index is 1.75. The number of hydrogen-bond donors (Lipinski definition) is 1. The summed E-state index contributed by atoms with van der Waals surface area (Å²) in [7, 11) is 0. The first-order valence-electron chi connectivity index (χ1n) is 13.1. The highest BCUT2D eigenvalue weighted by atomic mass is 16.6. The molecule has 0 aliphatic carbocycles. The first kappa shape index (κ1) is 35.8. The van der Waals surface area contributed by atoms with Crippen molar-refractivity contribution in [1.82, 2.24) is 0 Å². The second-order valence-corrected chi connectivity index (χ2v) is 7.95. The molecule has 0 atom stereocenters. The van der Waals surface area contributed by atoms with Gasteiger partial charge in [-0.3, -0.25) is 14.4 Å². The third-order valence-corrected chi connectivity index (χ3v) is 4.83. The molecule has 0 radical (unpaired) electrons. The Morgan fingerprint density at radius 2 is 0.902 bits per heavy atom. The lowest BCUT2D eigenvalue weighted by molar-refractivity contribution is -0.151. The van der Waals surface area contributed by atoms with Crippen molar-refractivity contribution in [3.05, 3.63) is 35.9 Å². The molecule has 0 fully saturated rings. The van der Waals surface area contributed by atoms with Crippen LogP contribution in [0.25, 0.3) is 0 Å². The topological polar surface area (TPSA) is 179 Å². The summed E-state index contributed by atoms with van der Waals surface area (Å²) in [6.07, 6.45) is -0.679. The Hall–Kier alpha value is -3.27. The van der Waals surface area contributed by atoms with Crippen LogP contribution in [0.2, 0.25) is 0 Å². The molecule has 14 nitrogen and oxygen atoms in total. The lowest BCUT2D eigenvalue weighted by Gasteiger charge is -2.08. The van der Waals surface area contributed by atoms with Gasteiger partial charge in [-0.15, -0.1) is 0 Å². The van der Waals surface area contributed by atoms with E-state index in [1.54, 1.807) is 30.3 Å². The summed E-state index contributed by atoms with van der Waals surface area (Å²) in [5, 5.41) is 8.42. The first-order chi connectivity index (χ1) is 19.9. The van der Waals surface area contributed by atoms with Gasteiger partial charge in [0.1, 0.15) is 13.2 Å². The minimum atomic E-state index is -1.57. The lowest BCUT2D eigenvalue weighted by atomic mass is 10.1. The van der Waals surface area contributed by atoms with Gasteiger partial charge in [0.05, 0.1) is 85.7 Å². The number of aliphatic carboxylic acids is 1. The van der Waals surface area contributed by atoms with E-state index in [-0.39, 0.29) is 38.4 Å². The van der Waals surface area contributed by atoms with Crippen molar-refractivity contribution in [2.75, 3.05) is 92.5 Å². The molecule has 0 saturated carbocycles. The van der Waals surface area contributed by atoms with E-state index >= 15 is 0 Å². The Bertz CT molecular complexity index is 889. The van der Waals surface area contributed by atoms with Crippen LogP contribution < -0.4 is 0 Å². The number of benzene rings is 1. The standard InChI is InChI=1S/C27H38O14/c28-23(26(31)32)6-7-24(29)40-20-18-38-16-14-36-12-10-34-8-9-35-11-13-37-15-17-39-19-21-41-27(33)25(30)22-4-2-1-3-5-22/h1-5H,6-21H2,(H,31,32). The number of hydrogen-bond acceptors (Lipinski definition) is 13. The van der Waals surface area contributed by atoms with Crippen molar-refractivity contribution in [3.8, 4) is 0 Å². The number of carboxylic acids is 1. The molecule has 0 aromatic heterocycles. The normalized spacial score (nSPS) is 10.7. The molecule has 0 spiro atoms. The number of rotatable bonds is 27. The van der Waals surface area contributed by atoms with E-state index in [0.717, 1.165) is 0 Å². The van der Waals surface area contributed by atoms with E-state index in [9.17, 15) is 24.0 Å². The first-order valence-corrected chi connectivity index (χ1v) is 13.1. The minimum absolute atomic E-state index is 0.000591. The monoisotopic (exact) mass is 586 g/mol. The molecule has 0 aliphatic heterocycles. The van der Waals surface area contributed by atoms with Gasteiger partial charge in [0.2, 0.25) is 5.78 Å². The predicted octanol–water partition coefficient (Wildman–Crippen LogP) is 0.489. The molecule has 0 amide bonds. The predicted molar refractivity (Wildman–Crippen MR) is 139 cm³/mol. The summed E-state index contributed by atoms with van der Waals surface area (Å²) in [5.74, 6) is -4.88. The number of carbonyl (C=O) groups excluding carboxylic acids is 4. The maximum atomic E-state index is 11.8. The van der Waals surface area contributed by atoms with Crippen LogP contribution >= 0.6 is 0 Å². The second kappa shape index (κ2) is 24.5. The van der Waals surface area contributed by atoms with Gasteiger partial charge in [-0.05, 0) is 0 Å². The largest absolute Gasteiger partial charge is 0.476 e. The fraction of sp³-hybridized carbons (Fsp3) is 0.593. The zero-order chi connectivity index (χ0) is 30.0. The number of ether oxygens (including phenoxy) is 8. The molecule has 41 heavy (non-hydrogen) atoms. The molecule has 230 valence electrons. The van der Waals surface area contributed by atoms with Gasteiger partial charge in [-0.1, -0.05) is 30.3 Å². The van der Waals surface area contributed by atoms with Crippen molar-refractivity contribution in [3.63, 3.8) is 0 Å². The van der Waals surface area contributed by atoms with E-state index in [1.165, 1.54) is 0 Å². The quantitative estimate of drug-likeness (QED) is 0.0651. The van der Waals surface area contributed by atoms with Gasteiger partial charge in [-0.2, -0.15) is 0 Å². The van der Waals surface area contributed by atoms with Crippen LogP contribution in [0.4, 0.5) is 0 Å². The summed E-state index contributed by atoms with van der Waals surface area (Å²) < 4.78 is 41.7. The average molecular weight is 587 g/mol. The lowest BCUT2D eigenvalue weighted by Crippen LogP contribution is -2.20. The molecule has 1 N–H and O–H groups in total. The molecule has 1 aromatic rings. The SMILES string of the molecule is O=C(CCC(=O)C(=O)O)OCCOCCOCCOCCOCCOCCOCCOC(=O)C(=O)c1ccccc1. The number of esters is 2. The van der Waals surface area contributed by atoms with Crippen molar-refractivity contribution in [2.45, 2.75) is 12.8 Å². The number of ketones is 2. The van der Waals surface area contributed by atoms with Crippen molar-refractivity contribution >= 4 is 29.5 Å². The van der Waals surface area contributed by atoms with Crippen LogP contribution in [0.15, 0.2) is 30.3 Å². The number of Topliss-reactive ketones (excluding diaryl/α,β-unsaturated/α-hetero) is 2. The molecule has 0 unspecified atom stereocenters. The van der Waals surface area contributed by atoms with Gasteiger partial charge in [0.15, 0.2) is 0 Å². The summed E-state index contributed by atoms with van der Waals surface area (Å²) in [5.41, 5.74) is 0.279. The minimum Gasteiger partial charge on any atom is -0.476 e. The van der Waals surface area contributed by atoms with E-state index in [4.69, 9.17) is 43.0 Å². The summed E-state index contributed by atoms with van der Waals surface area (Å²) >= 11 is 0. The zero-order valence-electron chi connectivity index (χ0n) is 23.0. The highest BCUT2D eigenvalue weighted by molar-refractivity contribution is 6.40. The van der Waals surface area contributed by atoms with Gasteiger partial charge in [-0.25, -0.2) is 9.59 Å². The maximum Gasteiger partial charge on any atom is 0.379 e. The highest BCUT2D eigenvalue weighted by Crippen LogP contribution is 2.01. The van der Waals surface area contributed by atoms with Crippen LogP contribution in [0.5, 0.6) is 0 Å². The van der Waals surface area contributed by atoms with Crippen LogP contribution in [0, 0.1) is 0 Å². The van der Waals surface area contributed by atoms with Gasteiger partial charge in [0.25, 0.3) is 5.78 Å². The Labute approximate surface area is 238 Å². The fourth-order valence-corrected chi connectivity index (χ4v) is 2.78. The summed E-state index contributed by atoms with van der Waals surface area (Å²) in [6, 6.07) is 8.18. The zero-order valence-corrected chi connectivity index (χ0v) is 23.0. The van der Waals surface area contributed by atoms with E-state index in [1.807, 2.05) is 0 Å². The number of carboxylic acid groups (broad SMARTS) is 1. The van der Waals surface area contributed by atoms with Crippen LogP contribution in [-0.4, -0.2) is 127 Å². The van der Waals surface area contributed by atoms with E-state index < -0.39 is 35.9 Å². The Morgan fingerprint density at radius 1 is 0.512 bits per heavy atom. The molecule has 1 rings (SSSR count). The Morgan fingerprint density at radius 3 is 1.32 bits per heavy atom. The molecule has 1 aromatic carbocycles. The molecule has 0 heterocycles. The smallest absolute Gasteiger partial charge is 0.379 e. The van der Waals surface area contributed by atoms with Gasteiger partial charge in [0, 0.05) is 12.0 Å². The van der Waals surface area contributed by atoms with Crippen molar-refractivity contribution in [1.29, 1.82) is 0 Å². The molecule has 0 saturated heterocycles. The third kappa shape index (κ3) is 20.3. The second-order valence-electron chi connectivity index (χ2n) is 7.95. The van der Waals surface area contributed by atoms with E-state index in [0.29, 0.717) is 66.1 Å². The molecule has 14 heteroatoms. The average Bonchev–Trinajstić information content (AvgIpc) is 2.98. The van der Waals surface area contributed by atoms with E-state index in [2.05, 4.69) is 0 Å². The summed E-state index contributed by atoms with van der Waals surface area (Å²) in [6.45, 7) is 3.93. The Kier molecular flexibility index (Phi) is 21.4. The maximum absolute atomic E-state index is 11.8. The molecular formula is C27H38O14. The van der Waals surface area contributed by atoms with Gasteiger partial charge < -0.3 is 43.0 Å². The van der Waals surface area contributed by atoms with Crippen molar-refractivity contribution in [2.24, 2.45) is 0 Å². The molecular weight excluding hydrogens is 548 g/mol. The highest BCUT2D eigenvalue weighted by Gasteiger charge is 2.17. The van der Waals surface area contributed by atoms with Gasteiger partial charge >= 0.3 is 17.9 Å².